The highest BCUT2D eigenvalue weighted by Gasteiger charge is 2.48. The van der Waals surface area contributed by atoms with Crippen molar-refractivity contribution >= 4 is 54.5 Å². The third-order valence-corrected chi connectivity index (χ3v) is 16.5. The van der Waals surface area contributed by atoms with Crippen molar-refractivity contribution in [2.45, 2.75) is 71.9 Å². The molecule has 5 aromatic carbocycles. The Morgan fingerprint density at radius 1 is 0.879 bits per heavy atom. The van der Waals surface area contributed by atoms with Crippen LogP contribution in [-0.4, -0.2) is 95.6 Å². The molecule has 16 heteroatoms. The lowest BCUT2D eigenvalue weighted by Crippen LogP contribution is -2.35. The van der Waals surface area contributed by atoms with Gasteiger partial charge in [-0.25, -0.2) is 16.8 Å². The molecule has 9 nitrogen and oxygen atoms in total. The minimum atomic E-state index is -5.99. The molecule has 1 unspecified atom stereocenters. The van der Waals surface area contributed by atoms with Gasteiger partial charge in [-0.1, -0.05) is 72.3 Å². The van der Waals surface area contributed by atoms with Crippen molar-refractivity contribution < 1.29 is 44.6 Å². The van der Waals surface area contributed by atoms with E-state index in [-0.39, 0.29) is 35.5 Å². The second-order valence-electron chi connectivity index (χ2n) is 17.0. The molecule has 6 rings (SSSR count). The smallest absolute Gasteiger partial charge is 0.388 e. The van der Waals surface area contributed by atoms with Crippen molar-refractivity contribution in [3.05, 3.63) is 143 Å². The third-order valence-electron chi connectivity index (χ3n) is 11.9. The fourth-order valence-corrected chi connectivity index (χ4v) is 11.6. The summed E-state index contributed by atoms with van der Waals surface area (Å²) in [6.07, 6.45) is 1.19. The predicted molar refractivity (Wildman–Crippen MR) is 257 cm³/mol. The summed E-state index contributed by atoms with van der Waals surface area (Å²) in [5.74, 6) is -1.72. The molecular formula is C50H56ClF3N2O7S3. The van der Waals surface area contributed by atoms with E-state index in [1.165, 1.54) is 23.9 Å². The first-order valence-electron chi connectivity index (χ1n) is 21.9. The number of carbonyl (C=O) groups excluding carboxylic acids is 1. The number of alkyl halides is 3. The average molecular weight is 986 g/mol. The van der Waals surface area contributed by atoms with Crippen LogP contribution in [0.15, 0.2) is 136 Å². The van der Waals surface area contributed by atoms with Gasteiger partial charge in [0.1, 0.15) is 5.75 Å². The predicted octanol–water partition coefficient (Wildman–Crippen LogP) is 10.6. The molecule has 2 atom stereocenters. The molecule has 0 bridgehead atoms. The first-order valence-corrected chi connectivity index (χ1v) is 26.4. The van der Waals surface area contributed by atoms with Gasteiger partial charge in [-0.05, 0) is 148 Å². The molecule has 0 radical (unpaired) electrons. The van der Waals surface area contributed by atoms with E-state index in [0.717, 1.165) is 39.4 Å². The molecule has 0 amide bonds. The highest BCUT2D eigenvalue weighted by atomic mass is 35.5. The lowest BCUT2D eigenvalue weighted by molar-refractivity contribution is -0.0436. The number of halogens is 4. The van der Waals surface area contributed by atoms with Crippen LogP contribution in [0.1, 0.15) is 60.7 Å². The van der Waals surface area contributed by atoms with Crippen molar-refractivity contribution in [2.24, 2.45) is 11.8 Å². The number of rotatable bonds is 21. The van der Waals surface area contributed by atoms with Gasteiger partial charge in [-0.15, -0.1) is 11.8 Å². The second-order valence-corrected chi connectivity index (χ2v) is 22.4. The summed E-state index contributed by atoms with van der Waals surface area (Å²) in [6.45, 7) is 6.79. The lowest BCUT2D eigenvalue weighted by Gasteiger charge is -2.36. The molecule has 1 heterocycles. The lowest BCUT2D eigenvalue weighted by atomic mass is 9.84. The zero-order chi connectivity index (χ0) is 47.6. The minimum absolute atomic E-state index is 0.00581. The average Bonchev–Trinajstić information content (AvgIpc) is 3.29. The number of nitrogens with zero attached hydrogens (tertiary/aromatic N) is 2. The summed E-state index contributed by atoms with van der Waals surface area (Å²) < 4.78 is 102. The summed E-state index contributed by atoms with van der Waals surface area (Å²) in [5.41, 5.74) is -2.25. The fraction of sp³-hybridized carbons (Fsp3) is 0.380. The summed E-state index contributed by atoms with van der Waals surface area (Å²) in [6, 6.07) is 33.9. The molecule has 5 aromatic rings. The van der Waals surface area contributed by atoms with Crippen molar-refractivity contribution in [3.8, 4) is 11.1 Å². The summed E-state index contributed by atoms with van der Waals surface area (Å²) >= 11 is 7.60. The number of carbonyl (C=O) groups is 1. The van der Waals surface area contributed by atoms with Gasteiger partial charge in [-0.3, -0.25) is 4.79 Å². The van der Waals surface area contributed by atoms with Crippen LogP contribution in [-0.2, 0) is 30.8 Å². The maximum atomic E-state index is 14.2. The van der Waals surface area contributed by atoms with Crippen LogP contribution < -0.4 is 4.90 Å². The Hall–Kier alpha value is -4.22. The maximum Gasteiger partial charge on any atom is 0.501 e. The molecule has 1 fully saturated rings. The van der Waals surface area contributed by atoms with Crippen LogP contribution in [0.5, 0.6) is 0 Å². The van der Waals surface area contributed by atoms with Gasteiger partial charge in [0, 0.05) is 46.6 Å². The third kappa shape index (κ3) is 13.5. The Balaban J connectivity index is 1.13. The van der Waals surface area contributed by atoms with Crippen LogP contribution >= 0.6 is 23.4 Å². The molecule has 354 valence electrons. The van der Waals surface area contributed by atoms with E-state index in [1.54, 1.807) is 12.1 Å². The molecule has 1 N–H and O–H groups in total. The number of likely N-dealkylation sites (N-methyl/N-ethyl adjacent to an activating group) is 1. The highest BCUT2D eigenvalue weighted by Crippen LogP contribution is 2.39. The number of Topliss-reactive ketones (excluding diaryl/α,β-unsaturated/α-hetero) is 1. The Morgan fingerprint density at radius 3 is 2.18 bits per heavy atom. The van der Waals surface area contributed by atoms with E-state index in [1.807, 2.05) is 105 Å². The Morgan fingerprint density at radius 2 is 1.53 bits per heavy atom. The summed E-state index contributed by atoms with van der Waals surface area (Å²) in [4.78, 5) is 16.7. The van der Waals surface area contributed by atoms with Crippen LogP contribution in [0.2, 0.25) is 5.02 Å². The van der Waals surface area contributed by atoms with E-state index in [0.29, 0.717) is 68.9 Å². The summed E-state index contributed by atoms with van der Waals surface area (Å²) in [7, 11) is -8.69. The largest absolute Gasteiger partial charge is 0.501 e. The first-order chi connectivity index (χ1) is 31.3. The number of ketones is 1. The van der Waals surface area contributed by atoms with Gasteiger partial charge in [0.25, 0.3) is 9.84 Å². The molecule has 1 aliphatic heterocycles. The van der Waals surface area contributed by atoms with Crippen LogP contribution in [0.25, 0.3) is 11.1 Å². The summed E-state index contributed by atoms with van der Waals surface area (Å²) in [5, 5.41) is 12.1. The van der Waals surface area contributed by atoms with Crippen LogP contribution in [0.4, 0.5) is 18.9 Å². The number of hydrogen-bond donors (Lipinski definition) is 1. The molecule has 0 aromatic heterocycles. The number of piperidine rings is 1. The Labute approximate surface area is 396 Å². The molecular weight excluding hydrogens is 929 g/mol. The van der Waals surface area contributed by atoms with Gasteiger partial charge < -0.3 is 19.6 Å². The van der Waals surface area contributed by atoms with Crippen molar-refractivity contribution in [1.29, 1.82) is 0 Å². The second kappa shape index (κ2) is 22.7. The standard InChI is InChI=1S/C50H56ClF3N2O7S3/c1-35(2)63-30-29-55(3)26-23-36(33-64-43-9-5-4-6-10-43)31-40-17-22-44(32-48(40)66(61,62)50(52,53)54)65(59,60)34-47(57)38-15-20-42(21-16-38)56-27-24-39(25-28-56)49(58)46-12-8-7-11-45(46)37-13-18-41(51)19-14-37/h4-22,32,35-36,39,49,58H,23-31,33-34H2,1-3H3/t36-,49?/m0/s1. The van der Waals surface area contributed by atoms with Crippen molar-refractivity contribution in [3.63, 3.8) is 0 Å². The minimum Gasteiger partial charge on any atom is -0.388 e. The quantitative estimate of drug-likeness (QED) is 0.0562. The van der Waals surface area contributed by atoms with E-state index in [4.69, 9.17) is 16.3 Å². The molecule has 0 spiro atoms. The van der Waals surface area contributed by atoms with Crippen LogP contribution in [0.3, 0.4) is 0 Å². The van der Waals surface area contributed by atoms with Gasteiger partial charge in [0.05, 0.1) is 28.6 Å². The topological polar surface area (TPSA) is 121 Å². The SMILES string of the molecule is CC(C)OCCN(C)CC[C@H](CSc1ccccc1)Cc1ccc(S(=O)(=O)CC(=O)c2ccc(N3CCC(C(O)c4ccccc4-c4ccc(Cl)cc4)CC3)cc2)cc1S(=O)(=O)C(F)(F)F. The normalized spacial score (nSPS) is 15.0. The number of sulfone groups is 2. The van der Waals surface area contributed by atoms with Crippen molar-refractivity contribution in [2.75, 3.05) is 56.2 Å². The molecule has 0 aliphatic carbocycles. The Kier molecular flexibility index (Phi) is 17.6. The number of benzene rings is 5. The van der Waals surface area contributed by atoms with E-state index < -0.39 is 52.6 Å². The highest BCUT2D eigenvalue weighted by molar-refractivity contribution is 7.99. The van der Waals surface area contributed by atoms with E-state index in [2.05, 4.69) is 4.90 Å². The molecule has 1 saturated heterocycles. The number of anilines is 1. The van der Waals surface area contributed by atoms with E-state index in [9.17, 15) is 39.9 Å². The maximum absolute atomic E-state index is 14.2. The molecule has 66 heavy (non-hydrogen) atoms. The number of aliphatic hydroxyl groups is 1. The van der Waals surface area contributed by atoms with E-state index >= 15 is 0 Å². The number of thioether (sulfide) groups is 1. The van der Waals surface area contributed by atoms with Crippen molar-refractivity contribution in [1.82, 2.24) is 4.90 Å². The first kappa shape index (κ1) is 51.2. The van der Waals surface area contributed by atoms with Gasteiger partial charge in [0.2, 0.25) is 0 Å². The van der Waals surface area contributed by atoms with Gasteiger partial charge >= 0.3 is 5.51 Å². The van der Waals surface area contributed by atoms with Gasteiger partial charge in [0.15, 0.2) is 15.6 Å². The molecule has 0 saturated carbocycles. The monoisotopic (exact) mass is 984 g/mol. The van der Waals surface area contributed by atoms with Crippen LogP contribution in [0, 0.1) is 11.8 Å². The number of hydrogen-bond acceptors (Lipinski definition) is 10. The number of aliphatic hydroxyl groups excluding tert-OH is 1. The molecule has 1 aliphatic rings. The Bertz CT molecular complexity index is 2610. The fourth-order valence-electron chi connectivity index (χ4n) is 8.09. The van der Waals surface area contributed by atoms with Gasteiger partial charge in [-0.2, -0.15) is 13.2 Å². The zero-order valence-corrected chi connectivity index (χ0v) is 40.4. The zero-order valence-electron chi connectivity index (χ0n) is 37.2. The number of ether oxygens (including phenoxy) is 1.